The van der Waals surface area contributed by atoms with Gasteiger partial charge in [-0.05, 0) is 37.1 Å². The lowest BCUT2D eigenvalue weighted by Crippen LogP contribution is -2.53. The van der Waals surface area contributed by atoms with Gasteiger partial charge in [-0.1, -0.05) is 19.3 Å². The highest BCUT2D eigenvalue weighted by Crippen LogP contribution is 2.27. The van der Waals surface area contributed by atoms with Crippen LogP contribution in [0.3, 0.4) is 0 Å². The van der Waals surface area contributed by atoms with Gasteiger partial charge in [0.2, 0.25) is 0 Å². The van der Waals surface area contributed by atoms with Crippen LogP contribution in [0.15, 0.2) is 24.3 Å². The van der Waals surface area contributed by atoms with Gasteiger partial charge in [0.1, 0.15) is 0 Å². The standard InChI is InChI=1S/C15H19N3O2/c16-10-12-4-6-13(7-5-12)17-14(20)18-15(11-19)8-2-1-3-9-15/h4-7,19H,1-3,8-9,11H2,(H2,17,18,20). The number of nitrogens with one attached hydrogen (secondary N) is 2. The third-order valence-corrected chi connectivity index (χ3v) is 3.76. The molecule has 2 rings (SSSR count). The lowest BCUT2D eigenvalue weighted by molar-refractivity contribution is 0.128. The van der Waals surface area contributed by atoms with Crippen molar-refractivity contribution in [3.05, 3.63) is 29.8 Å². The zero-order valence-corrected chi connectivity index (χ0v) is 11.4. The Morgan fingerprint density at radius 2 is 1.90 bits per heavy atom. The highest BCUT2D eigenvalue weighted by molar-refractivity contribution is 5.89. The number of carbonyl (C=O) groups is 1. The van der Waals surface area contributed by atoms with E-state index in [1.165, 1.54) is 0 Å². The third kappa shape index (κ3) is 3.49. The normalized spacial score (nSPS) is 17.0. The summed E-state index contributed by atoms with van der Waals surface area (Å²) in [7, 11) is 0. The van der Waals surface area contributed by atoms with Gasteiger partial charge in [0.05, 0.1) is 23.8 Å². The maximum Gasteiger partial charge on any atom is 0.319 e. The van der Waals surface area contributed by atoms with E-state index in [2.05, 4.69) is 10.6 Å². The molecule has 1 aliphatic rings. The number of carbonyl (C=O) groups excluding carboxylic acids is 1. The number of hydrogen-bond acceptors (Lipinski definition) is 3. The van der Waals surface area contributed by atoms with Crippen LogP contribution in [0.4, 0.5) is 10.5 Å². The number of urea groups is 1. The molecule has 2 amide bonds. The molecule has 0 aliphatic heterocycles. The summed E-state index contributed by atoms with van der Waals surface area (Å²) in [4.78, 5) is 12.0. The van der Waals surface area contributed by atoms with Crippen LogP contribution in [0.5, 0.6) is 0 Å². The molecule has 0 spiro atoms. The van der Waals surface area contributed by atoms with E-state index in [4.69, 9.17) is 5.26 Å². The molecule has 0 atom stereocenters. The number of nitriles is 1. The fourth-order valence-electron chi connectivity index (χ4n) is 2.58. The predicted molar refractivity (Wildman–Crippen MR) is 76.2 cm³/mol. The van der Waals surface area contributed by atoms with Gasteiger partial charge >= 0.3 is 6.03 Å². The van der Waals surface area contributed by atoms with E-state index in [0.717, 1.165) is 32.1 Å². The summed E-state index contributed by atoms with van der Waals surface area (Å²) in [5.74, 6) is 0. The molecule has 0 unspecified atom stereocenters. The highest BCUT2D eigenvalue weighted by Gasteiger charge is 2.32. The Hall–Kier alpha value is -2.06. The number of rotatable bonds is 3. The Morgan fingerprint density at radius 3 is 2.45 bits per heavy atom. The van der Waals surface area contributed by atoms with E-state index >= 15 is 0 Å². The van der Waals surface area contributed by atoms with Crippen LogP contribution >= 0.6 is 0 Å². The first kappa shape index (κ1) is 14.4. The second-order valence-electron chi connectivity index (χ2n) is 5.27. The molecule has 1 saturated carbocycles. The quantitative estimate of drug-likeness (QED) is 0.790. The van der Waals surface area contributed by atoms with Gasteiger partial charge in [-0.2, -0.15) is 5.26 Å². The molecular weight excluding hydrogens is 254 g/mol. The Kier molecular flexibility index (Phi) is 4.59. The minimum Gasteiger partial charge on any atom is -0.394 e. The molecule has 0 aromatic heterocycles. The van der Waals surface area contributed by atoms with Crippen molar-refractivity contribution in [2.45, 2.75) is 37.6 Å². The first-order valence-corrected chi connectivity index (χ1v) is 6.88. The second-order valence-corrected chi connectivity index (χ2v) is 5.27. The topological polar surface area (TPSA) is 85.2 Å². The first-order valence-electron chi connectivity index (χ1n) is 6.88. The number of nitrogens with zero attached hydrogens (tertiary/aromatic N) is 1. The van der Waals surface area contributed by atoms with E-state index in [1.54, 1.807) is 24.3 Å². The molecule has 1 aromatic carbocycles. The summed E-state index contributed by atoms with van der Waals surface area (Å²) in [6.45, 7) is -0.0339. The smallest absolute Gasteiger partial charge is 0.319 e. The maximum absolute atomic E-state index is 12.0. The highest BCUT2D eigenvalue weighted by atomic mass is 16.3. The second kappa shape index (κ2) is 6.40. The monoisotopic (exact) mass is 273 g/mol. The summed E-state index contributed by atoms with van der Waals surface area (Å²) in [6.07, 6.45) is 4.82. The number of hydrogen-bond donors (Lipinski definition) is 3. The van der Waals surface area contributed by atoms with Gasteiger partial charge in [0, 0.05) is 5.69 Å². The summed E-state index contributed by atoms with van der Waals surface area (Å²) in [5, 5.41) is 23.9. The van der Waals surface area contributed by atoms with E-state index in [-0.39, 0.29) is 12.6 Å². The summed E-state index contributed by atoms with van der Waals surface area (Å²) in [5.41, 5.74) is 0.690. The van der Waals surface area contributed by atoms with Crippen LogP contribution in [-0.4, -0.2) is 23.3 Å². The number of anilines is 1. The Morgan fingerprint density at radius 1 is 1.25 bits per heavy atom. The van der Waals surface area contributed by atoms with Crippen molar-refractivity contribution in [2.24, 2.45) is 0 Å². The Bertz CT molecular complexity index is 499. The van der Waals surface area contributed by atoms with E-state index in [0.29, 0.717) is 11.3 Å². The Balaban J connectivity index is 1.95. The molecule has 5 nitrogen and oxygen atoms in total. The maximum atomic E-state index is 12.0. The molecule has 20 heavy (non-hydrogen) atoms. The molecule has 0 radical (unpaired) electrons. The molecular formula is C15H19N3O2. The van der Waals surface area contributed by atoms with Gasteiger partial charge in [-0.25, -0.2) is 4.79 Å². The van der Waals surface area contributed by atoms with Crippen molar-refractivity contribution >= 4 is 11.7 Å². The minimum atomic E-state index is -0.491. The molecule has 0 saturated heterocycles. The van der Waals surface area contributed by atoms with Gasteiger partial charge in [-0.15, -0.1) is 0 Å². The van der Waals surface area contributed by atoms with Gasteiger partial charge in [-0.3, -0.25) is 0 Å². The lowest BCUT2D eigenvalue weighted by Gasteiger charge is -2.36. The van der Waals surface area contributed by atoms with Gasteiger partial charge in [0.15, 0.2) is 0 Å². The summed E-state index contributed by atoms with van der Waals surface area (Å²) >= 11 is 0. The molecule has 1 fully saturated rings. The fraction of sp³-hybridized carbons (Fsp3) is 0.467. The molecule has 0 heterocycles. The number of aliphatic hydroxyl groups excluding tert-OH is 1. The van der Waals surface area contributed by atoms with E-state index in [1.807, 2.05) is 6.07 Å². The molecule has 1 aromatic rings. The first-order chi connectivity index (χ1) is 9.67. The Labute approximate surface area is 118 Å². The third-order valence-electron chi connectivity index (χ3n) is 3.76. The zero-order chi connectivity index (χ0) is 14.4. The average molecular weight is 273 g/mol. The number of benzene rings is 1. The van der Waals surface area contributed by atoms with Crippen LogP contribution < -0.4 is 10.6 Å². The van der Waals surface area contributed by atoms with Crippen LogP contribution in [-0.2, 0) is 0 Å². The molecule has 106 valence electrons. The average Bonchev–Trinajstić information content (AvgIpc) is 2.49. The van der Waals surface area contributed by atoms with Crippen molar-refractivity contribution in [1.29, 1.82) is 5.26 Å². The van der Waals surface area contributed by atoms with Gasteiger partial charge in [0.25, 0.3) is 0 Å². The molecule has 0 bridgehead atoms. The molecule has 5 heteroatoms. The number of amides is 2. The van der Waals surface area contributed by atoms with Crippen LogP contribution in [0.25, 0.3) is 0 Å². The van der Waals surface area contributed by atoms with E-state index < -0.39 is 5.54 Å². The zero-order valence-electron chi connectivity index (χ0n) is 11.4. The minimum absolute atomic E-state index is 0.0339. The lowest BCUT2D eigenvalue weighted by atomic mass is 9.82. The van der Waals surface area contributed by atoms with E-state index in [9.17, 15) is 9.90 Å². The predicted octanol–water partition coefficient (Wildman–Crippen LogP) is 2.37. The largest absolute Gasteiger partial charge is 0.394 e. The number of aliphatic hydroxyl groups is 1. The van der Waals surface area contributed by atoms with Crippen LogP contribution in [0, 0.1) is 11.3 Å². The van der Waals surface area contributed by atoms with Crippen molar-refractivity contribution in [3.8, 4) is 6.07 Å². The van der Waals surface area contributed by atoms with Crippen LogP contribution in [0.2, 0.25) is 0 Å². The van der Waals surface area contributed by atoms with Crippen molar-refractivity contribution in [2.75, 3.05) is 11.9 Å². The molecule has 3 N–H and O–H groups in total. The SMILES string of the molecule is N#Cc1ccc(NC(=O)NC2(CO)CCCCC2)cc1. The van der Waals surface area contributed by atoms with Crippen molar-refractivity contribution in [3.63, 3.8) is 0 Å². The fourth-order valence-corrected chi connectivity index (χ4v) is 2.58. The summed E-state index contributed by atoms with van der Waals surface area (Å²) < 4.78 is 0. The van der Waals surface area contributed by atoms with Gasteiger partial charge < -0.3 is 15.7 Å². The van der Waals surface area contributed by atoms with Crippen molar-refractivity contribution in [1.82, 2.24) is 5.32 Å². The van der Waals surface area contributed by atoms with Crippen molar-refractivity contribution < 1.29 is 9.90 Å². The summed E-state index contributed by atoms with van der Waals surface area (Å²) in [6, 6.07) is 8.38. The molecule has 1 aliphatic carbocycles. The van der Waals surface area contributed by atoms with Crippen LogP contribution in [0.1, 0.15) is 37.7 Å².